The van der Waals surface area contributed by atoms with Gasteiger partial charge in [-0.2, -0.15) is 0 Å². The van der Waals surface area contributed by atoms with Crippen molar-refractivity contribution in [2.24, 2.45) is 5.92 Å². The largest absolute Gasteiger partial charge is 0.496 e. The summed E-state index contributed by atoms with van der Waals surface area (Å²) in [6.07, 6.45) is 2.46. The number of benzene rings is 1. The van der Waals surface area contributed by atoms with Crippen LogP contribution >= 0.6 is 0 Å². The summed E-state index contributed by atoms with van der Waals surface area (Å²) in [5.41, 5.74) is 3.01. The lowest BCUT2D eigenvalue weighted by Gasteiger charge is -2.21. The lowest BCUT2D eigenvalue weighted by molar-refractivity contribution is 0.399. The summed E-state index contributed by atoms with van der Waals surface area (Å²) in [5, 5.41) is 3.58. The Labute approximate surface area is 111 Å². The molecule has 0 spiro atoms. The third-order valence-corrected chi connectivity index (χ3v) is 4.21. The van der Waals surface area contributed by atoms with E-state index < -0.39 is 0 Å². The highest BCUT2D eigenvalue weighted by molar-refractivity contribution is 5.46. The van der Waals surface area contributed by atoms with Gasteiger partial charge in [0.15, 0.2) is 0 Å². The standard InChI is InChI=1S/C16H25NO/c1-5-8-17-11-16(10-13(16)3)14-9-12(2)6-7-15(14)18-4/h6-7,9,13,17H,5,8,10-11H2,1-4H3. The zero-order chi connectivity index (χ0) is 13.2. The molecule has 1 aliphatic carbocycles. The van der Waals surface area contributed by atoms with Gasteiger partial charge in [-0.3, -0.25) is 0 Å². The smallest absolute Gasteiger partial charge is 0.122 e. The minimum atomic E-state index is 0.298. The van der Waals surface area contributed by atoms with Crippen molar-refractivity contribution in [1.29, 1.82) is 0 Å². The molecule has 2 atom stereocenters. The number of ether oxygens (including phenoxy) is 1. The van der Waals surface area contributed by atoms with Crippen molar-refractivity contribution in [3.05, 3.63) is 29.3 Å². The predicted octanol–water partition coefficient (Wildman–Crippen LogP) is 3.28. The molecule has 100 valence electrons. The van der Waals surface area contributed by atoms with Crippen LogP contribution in [0.15, 0.2) is 18.2 Å². The van der Waals surface area contributed by atoms with Crippen LogP contribution in [0.3, 0.4) is 0 Å². The van der Waals surface area contributed by atoms with Crippen molar-refractivity contribution >= 4 is 0 Å². The Balaban J connectivity index is 2.24. The third kappa shape index (κ3) is 2.39. The first-order valence-corrected chi connectivity index (χ1v) is 7.00. The van der Waals surface area contributed by atoms with Crippen LogP contribution < -0.4 is 10.1 Å². The summed E-state index contributed by atoms with van der Waals surface area (Å²) in [6.45, 7) is 8.88. The van der Waals surface area contributed by atoms with Crippen LogP contribution in [-0.4, -0.2) is 20.2 Å². The molecule has 0 aliphatic heterocycles. The second-order valence-electron chi connectivity index (χ2n) is 5.64. The van der Waals surface area contributed by atoms with Crippen LogP contribution in [0.1, 0.15) is 37.8 Å². The fourth-order valence-corrected chi connectivity index (χ4v) is 2.90. The number of rotatable bonds is 6. The lowest BCUT2D eigenvalue weighted by atomic mass is 9.91. The molecule has 1 aromatic carbocycles. The van der Waals surface area contributed by atoms with Gasteiger partial charge in [0.05, 0.1) is 7.11 Å². The molecule has 0 amide bonds. The Kier molecular flexibility index (Phi) is 3.96. The van der Waals surface area contributed by atoms with Gasteiger partial charge in [0.2, 0.25) is 0 Å². The summed E-state index contributed by atoms with van der Waals surface area (Å²) >= 11 is 0. The van der Waals surface area contributed by atoms with Gasteiger partial charge in [-0.1, -0.05) is 31.5 Å². The molecule has 18 heavy (non-hydrogen) atoms. The minimum Gasteiger partial charge on any atom is -0.496 e. The molecule has 1 aliphatic rings. The monoisotopic (exact) mass is 247 g/mol. The van der Waals surface area contributed by atoms with Gasteiger partial charge < -0.3 is 10.1 Å². The molecule has 2 unspecified atom stereocenters. The van der Waals surface area contributed by atoms with Crippen molar-refractivity contribution in [2.45, 2.75) is 39.0 Å². The van der Waals surface area contributed by atoms with Crippen LogP contribution in [0.5, 0.6) is 5.75 Å². The zero-order valence-electron chi connectivity index (χ0n) is 12.0. The first-order valence-electron chi connectivity index (χ1n) is 7.00. The average molecular weight is 247 g/mol. The van der Waals surface area contributed by atoms with Crippen molar-refractivity contribution in [1.82, 2.24) is 5.32 Å². The van der Waals surface area contributed by atoms with Crippen LogP contribution in [0.2, 0.25) is 0 Å². The van der Waals surface area contributed by atoms with E-state index in [0.29, 0.717) is 5.41 Å². The van der Waals surface area contributed by atoms with Gasteiger partial charge in [-0.05, 0) is 38.3 Å². The van der Waals surface area contributed by atoms with Crippen molar-refractivity contribution < 1.29 is 4.74 Å². The van der Waals surface area contributed by atoms with Gasteiger partial charge in [0, 0.05) is 17.5 Å². The van der Waals surface area contributed by atoms with E-state index in [9.17, 15) is 0 Å². The van der Waals surface area contributed by atoms with Gasteiger partial charge >= 0.3 is 0 Å². The van der Waals surface area contributed by atoms with E-state index in [1.807, 2.05) is 0 Å². The molecule has 0 bridgehead atoms. The Morgan fingerprint density at radius 3 is 2.72 bits per heavy atom. The normalized spacial score (nSPS) is 26.1. The minimum absolute atomic E-state index is 0.298. The first-order chi connectivity index (χ1) is 8.64. The fraction of sp³-hybridized carbons (Fsp3) is 0.625. The summed E-state index contributed by atoms with van der Waals surface area (Å²) in [4.78, 5) is 0. The Bertz CT molecular complexity index is 416. The average Bonchev–Trinajstić information content (AvgIpc) is 3.01. The molecular weight excluding hydrogens is 222 g/mol. The number of hydrogen-bond acceptors (Lipinski definition) is 2. The lowest BCUT2D eigenvalue weighted by Crippen LogP contribution is -2.29. The van der Waals surface area contributed by atoms with E-state index in [0.717, 1.165) is 24.8 Å². The van der Waals surface area contributed by atoms with Crippen LogP contribution in [0.25, 0.3) is 0 Å². The first kappa shape index (κ1) is 13.4. The van der Waals surface area contributed by atoms with E-state index in [4.69, 9.17) is 4.74 Å². The number of hydrogen-bond donors (Lipinski definition) is 1. The number of methoxy groups -OCH3 is 1. The topological polar surface area (TPSA) is 21.3 Å². The number of aryl methyl sites for hydroxylation is 1. The molecule has 0 saturated heterocycles. The van der Waals surface area contributed by atoms with E-state index in [-0.39, 0.29) is 0 Å². The van der Waals surface area contributed by atoms with Crippen molar-refractivity contribution in [3.8, 4) is 5.75 Å². The molecular formula is C16H25NO. The highest BCUT2D eigenvalue weighted by atomic mass is 16.5. The summed E-state index contributed by atoms with van der Waals surface area (Å²) in [7, 11) is 1.77. The maximum atomic E-state index is 5.55. The molecule has 2 heteroatoms. The third-order valence-electron chi connectivity index (χ3n) is 4.21. The second-order valence-corrected chi connectivity index (χ2v) is 5.64. The maximum absolute atomic E-state index is 5.55. The SMILES string of the molecule is CCCNCC1(c2cc(C)ccc2OC)CC1C. The van der Waals surface area contributed by atoms with Crippen LogP contribution in [-0.2, 0) is 5.41 Å². The Hall–Kier alpha value is -1.02. The molecule has 1 saturated carbocycles. The Morgan fingerprint density at radius 2 is 2.17 bits per heavy atom. The van der Waals surface area contributed by atoms with Gasteiger partial charge in [-0.25, -0.2) is 0 Å². The van der Waals surface area contributed by atoms with E-state index in [2.05, 4.69) is 44.3 Å². The number of nitrogens with one attached hydrogen (secondary N) is 1. The molecule has 0 heterocycles. The molecule has 2 rings (SSSR count). The second kappa shape index (κ2) is 5.31. The molecule has 1 N–H and O–H groups in total. The molecule has 0 radical (unpaired) electrons. The summed E-state index contributed by atoms with van der Waals surface area (Å²) in [5.74, 6) is 1.79. The van der Waals surface area contributed by atoms with Gasteiger partial charge in [-0.15, -0.1) is 0 Å². The summed E-state index contributed by atoms with van der Waals surface area (Å²) in [6, 6.07) is 6.54. The quantitative estimate of drug-likeness (QED) is 0.779. The molecule has 1 aromatic rings. The van der Waals surface area contributed by atoms with E-state index in [1.165, 1.54) is 24.0 Å². The van der Waals surface area contributed by atoms with Crippen LogP contribution in [0.4, 0.5) is 0 Å². The molecule has 0 aromatic heterocycles. The predicted molar refractivity (Wildman–Crippen MR) is 76.4 cm³/mol. The maximum Gasteiger partial charge on any atom is 0.122 e. The highest BCUT2D eigenvalue weighted by Gasteiger charge is 2.53. The fourth-order valence-electron chi connectivity index (χ4n) is 2.90. The van der Waals surface area contributed by atoms with Gasteiger partial charge in [0.1, 0.15) is 5.75 Å². The van der Waals surface area contributed by atoms with Crippen LogP contribution in [0, 0.1) is 12.8 Å². The molecule has 1 fully saturated rings. The van der Waals surface area contributed by atoms with Gasteiger partial charge in [0.25, 0.3) is 0 Å². The van der Waals surface area contributed by atoms with E-state index >= 15 is 0 Å². The van der Waals surface area contributed by atoms with E-state index in [1.54, 1.807) is 7.11 Å². The Morgan fingerprint density at radius 1 is 1.44 bits per heavy atom. The van der Waals surface area contributed by atoms with Crippen molar-refractivity contribution in [2.75, 3.05) is 20.2 Å². The van der Waals surface area contributed by atoms with Crippen molar-refractivity contribution in [3.63, 3.8) is 0 Å². The highest BCUT2D eigenvalue weighted by Crippen LogP contribution is 2.56. The molecule has 2 nitrogen and oxygen atoms in total. The summed E-state index contributed by atoms with van der Waals surface area (Å²) < 4.78 is 5.55. The zero-order valence-corrected chi connectivity index (χ0v) is 12.0.